The zero-order chi connectivity index (χ0) is 9.68. The van der Waals surface area contributed by atoms with E-state index in [2.05, 4.69) is 24.9 Å². The Labute approximate surface area is 79.8 Å². The first-order chi connectivity index (χ1) is 6.25. The van der Waals surface area contributed by atoms with Gasteiger partial charge in [-0.1, -0.05) is 18.2 Å². The fraction of sp³-hybridized carbons (Fsp3) is 0.250. The van der Waals surface area contributed by atoms with Crippen LogP contribution in [0.3, 0.4) is 0 Å². The average molecular weight is 173 g/mol. The number of hydrogen-bond acceptors (Lipinski definition) is 1. The Bertz CT molecular complexity index is 320. The molecule has 1 rings (SSSR count). The van der Waals surface area contributed by atoms with Gasteiger partial charge < -0.3 is 0 Å². The van der Waals surface area contributed by atoms with Gasteiger partial charge in [0.15, 0.2) is 0 Å². The van der Waals surface area contributed by atoms with Gasteiger partial charge in [0.25, 0.3) is 0 Å². The fourth-order valence-electron chi connectivity index (χ4n) is 1.16. The van der Waals surface area contributed by atoms with E-state index in [1.54, 1.807) is 0 Å². The summed E-state index contributed by atoms with van der Waals surface area (Å²) in [5, 5.41) is 0. The number of hydrogen-bond donors (Lipinski definition) is 0. The van der Waals surface area contributed by atoms with E-state index in [9.17, 15) is 0 Å². The van der Waals surface area contributed by atoms with Crippen LogP contribution in [-0.4, -0.2) is 4.98 Å². The Kier molecular flexibility index (Phi) is 3.44. The van der Waals surface area contributed by atoms with Crippen LogP contribution in [0.1, 0.15) is 26.5 Å². The average Bonchev–Trinajstić information content (AvgIpc) is 2.18. The second-order valence-corrected chi connectivity index (χ2v) is 3.02. The van der Waals surface area contributed by atoms with E-state index in [1.807, 2.05) is 37.4 Å². The van der Waals surface area contributed by atoms with E-state index in [4.69, 9.17) is 0 Å². The van der Waals surface area contributed by atoms with Gasteiger partial charge >= 0.3 is 0 Å². The zero-order valence-electron chi connectivity index (χ0n) is 8.41. The van der Waals surface area contributed by atoms with Crippen LogP contribution in [-0.2, 0) is 0 Å². The SMILES string of the molecule is C/C=C\C(C)=C(/C)c1ccccn1. The molecule has 0 unspecified atom stereocenters. The van der Waals surface area contributed by atoms with Gasteiger partial charge in [-0.05, 0) is 44.1 Å². The fourth-order valence-corrected chi connectivity index (χ4v) is 1.16. The molecule has 0 atom stereocenters. The minimum atomic E-state index is 1.05. The molecule has 1 heteroatoms. The summed E-state index contributed by atoms with van der Waals surface area (Å²) >= 11 is 0. The van der Waals surface area contributed by atoms with E-state index in [-0.39, 0.29) is 0 Å². The quantitative estimate of drug-likeness (QED) is 0.624. The van der Waals surface area contributed by atoms with E-state index in [0.29, 0.717) is 0 Å². The molecule has 0 radical (unpaired) electrons. The highest BCUT2D eigenvalue weighted by molar-refractivity contribution is 5.65. The molecule has 1 aromatic rings. The van der Waals surface area contributed by atoms with Gasteiger partial charge in [0.1, 0.15) is 0 Å². The Balaban J connectivity index is 3.03. The van der Waals surface area contributed by atoms with Crippen LogP contribution in [0.4, 0.5) is 0 Å². The number of rotatable bonds is 2. The van der Waals surface area contributed by atoms with Crippen LogP contribution in [0.2, 0.25) is 0 Å². The van der Waals surface area contributed by atoms with Crippen molar-refractivity contribution in [3.63, 3.8) is 0 Å². The number of nitrogens with zero attached hydrogens (tertiary/aromatic N) is 1. The van der Waals surface area contributed by atoms with Crippen molar-refractivity contribution in [3.05, 3.63) is 47.8 Å². The lowest BCUT2D eigenvalue weighted by Gasteiger charge is -2.02. The second-order valence-electron chi connectivity index (χ2n) is 3.02. The molecule has 68 valence electrons. The van der Waals surface area contributed by atoms with Crippen molar-refractivity contribution in [2.45, 2.75) is 20.8 Å². The van der Waals surface area contributed by atoms with Gasteiger partial charge in [0.05, 0.1) is 5.69 Å². The zero-order valence-corrected chi connectivity index (χ0v) is 8.41. The van der Waals surface area contributed by atoms with Gasteiger partial charge in [0, 0.05) is 6.20 Å². The molecular weight excluding hydrogens is 158 g/mol. The van der Waals surface area contributed by atoms with Gasteiger partial charge in [-0.2, -0.15) is 0 Å². The number of pyridine rings is 1. The Morgan fingerprint density at radius 3 is 2.62 bits per heavy atom. The van der Waals surface area contributed by atoms with Gasteiger partial charge in [0.2, 0.25) is 0 Å². The highest BCUT2D eigenvalue weighted by atomic mass is 14.7. The Morgan fingerprint density at radius 1 is 1.31 bits per heavy atom. The van der Waals surface area contributed by atoms with Crippen molar-refractivity contribution in [1.82, 2.24) is 4.98 Å². The third-order valence-electron chi connectivity index (χ3n) is 2.06. The molecule has 13 heavy (non-hydrogen) atoms. The maximum absolute atomic E-state index is 4.29. The van der Waals surface area contributed by atoms with Crippen molar-refractivity contribution in [2.75, 3.05) is 0 Å². The van der Waals surface area contributed by atoms with Crippen LogP contribution < -0.4 is 0 Å². The third-order valence-corrected chi connectivity index (χ3v) is 2.06. The van der Waals surface area contributed by atoms with Crippen molar-refractivity contribution >= 4 is 5.57 Å². The molecule has 1 heterocycles. The maximum Gasteiger partial charge on any atom is 0.0661 e. The normalized spacial score (nSPS) is 13.2. The smallest absolute Gasteiger partial charge is 0.0661 e. The summed E-state index contributed by atoms with van der Waals surface area (Å²) in [5.74, 6) is 0. The van der Waals surface area contributed by atoms with Crippen molar-refractivity contribution < 1.29 is 0 Å². The van der Waals surface area contributed by atoms with E-state index >= 15 is 0 Å². The summed E-state index contributed by atoms with van der Waals surface area (Å²) < 4.78 is 0. The topological polar surface area (TPSA) is 12.9 Å². The predicted molar refractivity (Wildman–Crippen MR) is 57.3 cm³/mol. The lowest BCUT2D eigenvalue weighted by Crippen LogP contribution is -1.86. The monoisotopic (exact) mass is 173 g/mol. The Hall–Kier alpha value is -1.37. The predicted octanol–water partition coefficient (Wildman–Crippen LogP) is 3.45. The molecule has 0 aliphatic carbocycles. The standard InChI is InChI=1S/C12H15N/c1-4-7-10(2)11(3)12-8-5-6-9-13-12/h4-9H,1-3H3/b7-4-,11-10+. The van der Waals surface area contributed by atoms with Crippen LogP contribution in [0.25, 0.3) is 5.57 Å². The molecule has 1 aromatic heterocycles. The van der Waals surface area contributed by atoms with Crippen molar-refractivity contribution in [2.24, 2.45) is 0 Å². The first-order valence-corrected chi connectivity index (χ1v) is 4.47. The van der Waals surface area contributed by atoms with Crippen molar-refractivity contribution in [1.29, 1.82) is 0 Å². The summed E-state index contributed by atoms with van der Waals surface area (Å²) in [4.78, 5) is 4.29. The van der Waals surface area contributed by atoms with Crippen molar-refractivity contribution in [3.8, 4) is 0 Å². The molecule has 0 N–H and O–H groups in total. The van der Waals surface area contributed by atoms with Gasteiger partial charge in [-0.15, -0.1) is 0 Å². The molecule has 0 aliphatic heterocycles. The second kappa shape index (κ2) is 4.61. The largest absolute Gasteiger partial charge is 0.257 e. The first-order valence-electron chi connectivity index (χ1n) is 4.47. The molecule has 0 spiro atoms. The molecule has 0 aromatic carbocycles. The minimum Gasteiger partial charge on any atom is -0.257 e. The van der Waals surface area contributed by atoms with Crippen LogP contribution in [0, 0.1) is 0 Å². The highest BCUT2D eigenvalue weighted by Crippen LogP contribution is 2.15. The summed E-state index contributed by atoms with van der Waals surface area (Å²) in [6, 6.07) is 5.97. The van der Waals surface area contributed by atoms with E-state index in [0.717, 1.165) is 5.69 Å². The van der Waals surface area contributed by atoms with Gasteiger partial charge in [-0.25, -0.2) is 0 Å². The number of allylic oxidation sites excluding steroid dienone is 4. The molecule has 0 saturated heterocycles. The van der Waals surface area contributed by atoms with Crippen LogP contribution in [0.15, 0.2) is 42.1 Å². The third kappa shape index (κ3) is 2.55. The summed E-state index contributed by atoms with van der Waals surface area (Å²) in [5.41, 5.74) is 3.55. The molecule has 0 saturated carbocycles. The Morgan fingerprint density at radius 2 is 2.08 bits per heavy atom. The number of aromatic nitrogens is 1. The summed E-state index contributed by atoms with van der Waals surface area (Å²) in [7, 11) is 0. The molecular formula is C12H15N. The first kappa shape index (κ1) is 9.72. The summed E-state index contributed by atoms with van der Waals surface area (Å²) in [6.07, 6.45) is 5.97. The maximum atomic E-state index is 4.29. The van der Waals surface area contributed by atoms with Crippen LogP contribution in [0.5, 0.6) is 0 Å². The van der Waals surface area contributed by atoms with E-state index < -0.39 is 0 Å². The molecule has 1 nitrogen and oxygen atoms in total. The minimum absolute atomic E-state index is 1.05. The van der Waals surface area contributed by atoms with E-state index in [1.165, 1.54) is 11.1 Å². The lowest BCUT2D eigenvalue weighted by molar-refractivity contribution is 1.25. The van der Waals surface area contributed by atoms with Gasteiger partial charge in [-0.3, -0.25) is 4.98 Å². The molecule has 0 amide bonds. The molecule has 0 aliphatic rings. The highest BCUT2D eigenvalue weighted by Gasteiger charge is 1.97. The molecule has 0 bridgehead atoms. The molecule has 0 fully saturated rings. The lowest BCUT2D eigenvalue weighted by atomic mass is 10.1. The van der Waals surface area contributed by atoms with Crippen LogP contribution >= 0.6 is 0 Å². The summed E-state index contributed by atoms with van der Waals surface area (Å²) in [6.45, 7) is 6.22.